The average molecular weight is 300 g/mol. The van der Waals surface area contributed by atoms with Gasteiger partial charge < -0.3 is 4.42 Å². The molecule has 108 valence electrons. The number of benzene rings is 1. The molecule has 0 aliphatic heterocycles. The molecule has 0 radical (unpaired) electrons. The summed E-state index contributed by atoms with van der Waals surface area (Å²) in [6, 6.07) is 5.89. The summed E-state index contributed by atoms with van der Waals surface area (Å²) in [5.74, 6) is -0.256. The second-order valence-electron chi connectivity index (χ2n) is 4.33. The van der Waals surface area contributed by atoms with E-state index in [4.69, 9.17) is 4.42 Å². The smallest absolute Gasteiger partial charge is 0.346 e. The molecule has 2 rings (SSSR count). The molecule has 0 fully saturated rings. The van der Waals surface area contributed by atoms with E-state index in [1.54, 1.807) is 12.1 Å². The molecule has 0 aliphatic carbocycles. The first-order valence-corrected chi connectivity index (χ1v) is 7.74. The Morgan fingerprint density at radius 1 is 1.35 bits per heavy atom. The first-order valence-electron chi connectivity index (χ1n) is 5.92. The number of rotatable bonds is 5. The molecule has 1 aromatic heterocycles. The summed E-state index contributed by atoms with van der Waals surface area (Å²) in [5.41, 5.74) is -0.736. The maximum absolute atomic E-state index is 13.5. The van der Waals surface area contributed by atoms with Crippen molar-refractivity contribution in [2.75, 3.05) is 12.9 Å². The van der Waals surface area contributed by atoms with E-state index in [2.05, 4.69) is 4.18 Å². The molecule has 5 nitrogen and oxygen atoms in total. The van der Waals surface area contributed by atoms with Crippen LogP contribution in [0.4, 0.5) is 4.39 Å². The van der Waals surface area contributed by atoms with Crippen LogP contribution in [-0.4, -0.2) is 21.3 Å². The zero-order valence-corrected chi connectivity index (χ0v) is 11.6. The molecule has 0 bridgehead atoms. The van der Waals surface area contributed by atoms with Gasteiger partial charge in [0, 0.05) is 6.42 Å². The molecule has 0 unspecified atom stereocenters. The van der Waals surface area contributed by atoms with E-state index >= 15 is 0 Å². The molecule has 0 saturated carbocycles. The Bertz CT molecular complexity index is 779. The highest BCUT2D eigenvalue weighted by molar-refractivity contribution is 7.85. The Hall–Kier alpha value is -1.73. The van der Waals surface area contributed by atoms with Gasteiger partial charge in [-0.25, -0.2) is 9.18 Å². The largest absolute Gasteiger partial charge is 0.427 e. The third-order valence-electron chi connectivity index (χ3n) is 2.66. The predicted octanol–water partition coefficient (Wildman–Crippen LogP) is 1.84. The van der Waals surface area contributed by atoms with Gasteiger partial charge in [0.1, 0.15) is 17.0 Å². The standard InChI is InChI=1S/C13H13FO5S/c1-20(16,17)18-7-3-5-10-8-9-4-2-6-11(14)12(9)13(15)19-10/h2,4,6,8H,3,5,7H2,1H3. The zero-order chi connectivity index (χ0) is 14.8. The first kappa shape index (κ1) is 14.7. The molecule has 0 aliphatic rings. The zero-order valence-electron chi connectivity index (χ0n) is 10.8. The van der Waals surface area contributed by atoms with E-state index in [0.29, 0.717) is 24.0 Å². The molecule has 1 aromatic carbocycles. The highest BCUT2D eigenvalue weighted by Gasteiger charge is 2.09. The SMILES string of the molecule is CS(=O)(=O)OCCCc1cc2cccc(F)c2c(=O)o1. The number of halogens is 1. The van der Waals surface area contributed by atoms with Gasteiger partial charge in [-0.05, 0) is 23.9 Å². The number of aryl methyl sites for hydroxylation is 1. The van der Waals surface area contributed by atoms with Gasteiger partial charge in [0.15, 0.2) is 0 Å². The van der Waals surface area contributed by atoms with Crippen molar-refractivity contribution in [2.45, 2.75) is 12.8 Å². The third kappa shape index (κ3) is 3.64. The number of hydrogen-bond donors (Lipinski definition) is 0. The third-order valence-corrected chi connectivity index (χ3v) is 3.25. The second-order valence-corrected chi connectivity index (χ2v) is 5.98. The average Bonchev–Trinajstić information content (AvgIpc) is 2.33. The Labute approximate surface area is 115 Å². The van der Waals surface area contributed by atoms with Crippen molar-refractivity contribution in [1.82, 2.24) is 0 Å². The van der Waals surface area contributed by atoms with E-state index in [9.17, 15) is 17.6 Å². The van der Waals surface area contributed by atoms with Crippen molar-refractivity contribution in [3.05, 3.63) is 46.3 Å². The van der Waals surface area contributed by atoms with Gasteiger partial charge in [-0.1, -0.05) is 12.1 Å². The maximum atomic E-state index is 13.5. The van der Waals surface area contributed by atoms with Crippen LogP contribution in [0.3, 0.4) is 0 Å². The minimum atomic E-state index is -3.47. The summed E-state index contributed by atoms with van der Waals surface area (Å²) in [4.78, 5) is 11.7. The van der Waals surface area contributed by atoms with Crippen molar-refractivity contribution < 1.29 is 21.4 Å². The van der Waals surface area contributed by atoms with Crippen LogP contribution in [0.5, 0.6) is 0 Å². The van der Waals surface area contributed by atoms with Crippen molar-refractivity contribution in [3.8, 4) is 0 Å². The second kappa shape index (κ2) is 5.72. The van der Waals surface area contributed by atoms with E-state index in [-0.39, 0.29) is 12.0 Å². The summed E-state index contributed by atoms with van der Waals surface area (Å²) in [7, 11) is -3.47. The lowest BCUT2D eigenvalue weighted by atomic mass is 10.1. The Balaban J connectivity index is 2.14. The Morgan fingerprint density at radius 3 is 2.80 bits per heavy atom. The molecule has 0 spiro atoms. The number of fused-ring (bicyclic) bond motifs is 1. The highest BCUT2D eigenvalue weighted by atomic mass is 32.2. The van der Waals surface area contributed by atoms with Crippen LogP contribution in [0.15, 0.2) is 33.5 Å². The van der Waals surface area contributed by atoms with Gasteiger partial charge in [-0.3, -0.25) is 4.18 Å². The molecule has 20 heavy (non-hydrogen) atoms. The van der Waals surface area contributed by atoms with E-state index in [1.165, 1.54) is 12.1 Å². The summed E-state index contributed by atoms with van der Waals surface area (Å²) in [6.07, 6.45) is 1.67. The van der Waals surface area contributed by atoms with Gasteiger partial charge in [0.2, 0.25) is 0 Å². The summed E-state index contributed by atoms with van der Waals surface area (Å²) < 4.78 is 44.6. The summed E-state index contributed by atoms with van der Waals surface area (Å²) >= 11 is 0. The summed E-state index contributed by atoms with van der Waals surface area (Å²) in [6.45, 7) is 0.00370. The topological polar surface area (TPSA) is 73.6 Å². The van der Waals surface area contributed by atoms with Crippen molar-refractivity contribution >= 4 is 20.9 Å². The highest BCUT2D eigenvalue weighted by Crippen LogP contribution is 2.16. The molecule has 0 saturated heterocycles. The predicted molar refractivity (Wildman–Crippen MR) is 71.6 cm³/mol. The fraction of sp³-hybridized carbons (Fsp3) is 0.308. The Kier molecular flexibility index (Phi) is 4.20. The lowest BCUT2D eigenvalue weighted by Gasteiger charge is -2.03. The van der Waals surface area contributed by atoms with Crippen LogP contribution in [0.25, 0.3) is 10.8 Å². The molecule has 0 atom stereocenters. The van der Waals surface area contributed by atoms with E-state index < -0.39 is 21.6 Å². The molecular formula is C13H13FO5S. The molecule has 0 N–H and O–H groups in total. The van der Waals surface area contributed by atoms with E-state index in [1.807, 2.05) is 0 Å². The van der Waals surface area contributed by atoms with Crippen LogP contribution >= 0.6 is 0 Å². The number of hydrogen-bond acceptors (Lipinski definition) is 5. The fourth-order valence-corrected chi connectivity index (χ4v) is 2.25. The first-order chi connectivity index (χ1) is 9.37. The fourth-order valence-electron chi connectivity index (χ4n) is 1.83. The van der Waals surface area contributed by atoms with Crippen molar-refractivity contribution in [3.63, 3.8) is 0 Å². The van der Waals surface area contributed by atoms with Crippen LogP contribution in [0, 0.1) is 5.82 Å². The lowest BCUT2D eigenvalue weighted by molar-refractivity contribution is 0.309. The minimum Gasteiger partial charge on any atom is -0.427 e. The van der Waals surface area contributed by atoms with Crippen LogP contribution in [0.2, 0.25) is 0 Å². The van der Waals surface area contributed by atoms with Gasteiger partial charge in [-0.2, -0.15) is 8.42 Å². The van der Waals surface area contributed by atoms with Gasteiger partial charge in [0.25, 0.3) is 10.1 Å². The minimum absolute atomic E-state index is 0.00370. The molecule has 1 heterocycles. The van der Waals surface area contributed by atoms with Crippen molar-refractivity contribution in [2.24, 2.45) is 0 Å². The monoisotopic (exact) mass is 300 g/mol. The molecular weight excluding hydrogens is 287 g/mol. The molecule has 0 amide bonds. The normalized spacial score (nSPS) is 11.9. The van der Waals surface area contributed by atoms with Crippen LogP contribution in [-0.2, 0) is 20.7 Å². The van der Waals surface area contributed by atoms with Crippen molar-refractivity contribution in [1.29, 1.82) is 0 Å². The van der Waals surface area contributed by atoms with Gasteiger partial charge >= 0.3 is 5.63 Å². The quantitative estimate of drug-likeness (QED) is 0.622. The van der Waals surface area contributed by atoms with Crippen LogP contribution < -0.4 is 5.63 Å². The van der Waals surface area contributed by atoms with Gasteiger partial charge in [0.05, 0.1) is 12.9 Å². The van der Waals surface area contributed by atoms with Crippen LogP contribution in [0.1, 0.15) is 12.2 Å². The molecule has 2 aromatic rings. The summed E-state index contributed by atoms with van der Waals surface area (Å²) in [5, 5.41) is 0.379. The van der Waals surface area contributed by atoms with E-state index in [0.717, 1.165) is 6.26 Å². The maximum Gasteiger partial charge on any atom is 0.346 e. The van der Waals surface area contributed by atoms with Gasteiger partial charge in [-0.15, -0.1) is 0 Å². The Morgan fingerprint density at radius 2 is 2.10 bits per heavy atom. The lowest BCUT2D eigenvalue weighted by Crippen LogP contribution is -2.07. The molecule has 7 heteroatoms.